The Morgan fingerprint density at radius 2 is 1.38 bits per heavy atom. The summed E-state index contributed by atoms with van der Waals surface area (Å²) in [4.78, 5) is 0. The first-order valence-corrected chi connectivity index (χ1v) is 11.1. The van der Waals surface area contributed by atoms with Crippen LogP contribution >= 0.6 is 56.5 Å². The van der Waals surface area contributed by atoms with Crippen LogP contribution in [-0.2, 0) is 0 Å². The third-order valence-corrected chi connectivity index (χ3v) is 7.46. The summed E-state index contributed by atoms with van der Waals surface area (Å²) in [6.45, 7) is 0. The van der Waals surface area contributed by atoms with Crippen molar-refractivity contribution in [3.63, 3.8) is 0 Å². The Labute approximate surface area is 181 Å². The fourth-order valence-corrected chi connectivity index (χ4v) is 6.49. The molecule has 26 heavy (non-hydrogen) atoms. The SMILES string of the molecule is Oc1c(I)cc(-c2c3ccccc3cc3sc4ccccc4c23)cc1I. The van der Waals surface area contributed by atoms with Crippen LogP contribution in [0.1, 0.15) is 0 Å². The summed E-state index contributed by atoms with van der Waals surface area (Å²) in [5, 5.41) is 15.3. The topological polar surface area (TPSA) is 20.2 Å². The molecule has 0 saturated heterocycles. The lowest BCUT2D eigenvalue weighted by Crippen LogP contribution is -1.87. The zero-order valence-corrected chi connectivity index (χ0v) is 18.6. The van der Waals surface area contributed by atoms with Crippen molar-refractivity contribution in [2.45, 2.75) is 0 Å². The first-order chi connectivity index (χ1) is 12.6. The van der Waals surface area contributed by atoms with Gasteiger partial charge in [0.1, 0.15) is 5.75 Å². The Morgan fingerprint density at radius 3 is 2.15 bits per heavy atom. The van der Waals surface area contributed by atoms with E-state index in [1.165, 1.54) is 36.5 Å². The predicted octanol–water partition coefficient (Wildman–Crippen LogP) is 7.79. The third-order valence-electron chi connectivity index (χ3n) is 4.70. The molecule has 126 valence electrons. The highest BCUT2D eigenvalue weighted by atomic mass is 127. The van der Waals surface area contributed by atoms with Crippen LogP contribution in [0.2, 0.25) is 0 Å². The standard InChI is InChI=1S/C22H12I2OS/c23-16-9-13(10-17(24)22(16)25)20-14-6-2-1-5-12(14)11-19-21(20)15-7-3-4-8-18(15)26-19/h1-11,25H. The molecule has 0 saturated carbocycles. The average molecular weight is 578 g/mol. The molecule has 0 spiro atoms. The van der Waals surface area contributed by atoms with Crippen molar-refractivity contribution in [2.24, 2.45) is 0 Å². The third kappa shape index (κ3) is 2.53. The van der Waals surface area contributed by atoms with Crippen LogP contribution in [0.25, 0.3) is 42.1 Å². The van der Waals surface area contributed by atoms with Crippen LogP contribution in [0.3, 0.4) is 0 Å². The van der Waals surface area contributed by atoms with E-state index in [0.717, 1.165) is 12.7 Å². The average Bonchev–Trinajstić information content (AvgIpc) is 3.01. The molecule has 0 aliphatic carbocycles. The molecule has 0 atom stereocenters. The van der Waals surface area contributed by atoms with Gasteiger partial charge in [-0.15, -0.1) is 11.3 Å². The van der Waals surface area contributed by atoms with Gasteiger partial charge in [0.2, 0.25) is 0 Å². The Balaban J connectivity index is 2.04. The van der Waals surface area contributed by atoms with Gasteiger partial charge in [-0.2, -0.15) is 0 Å². The molecular weight excluding hydrogens is 566 g/mol. The smallest absolute Gasteiger partial charge is 0.142 e. The molecule has 5 rings (SSSR count). The number of fused-ring (bicyclic) bond motifs is 4. The zero-order valence-electron chi connectivity index (χ0n) is 13.5. The highest BCUT2D eigenvalue weighted by Gasteiger charge is 2.16. The molecule has 1 N–H and O–H groups in total. The fourth-order valence-electron chi connectivity index (χ4n) is 3.56. The number of phenolic OH excluding ortho intramolecular Hbond substituents is 1. The van der Waals surface area contributed by atoms with Crippen LogP contribution < -0.4 is 0 Å². The van der Waals surface area contributed by atoms with Gasteiger partial charge in [0.15, 0.2) is 0 Å². The van der Waals surface area contributed by atoms with Gasteiger partial charge in [-0.05, 0) is 91.3 Å². The van der Waals surface area contributed by atoms with Crippen molar-refractivity contribution < 1.29 is 5.11 Å². The normalized spacial score (nSPS) is 11.6. The molecule has 0 fully saturated rings. The molecule has 0 aliphatic rings. The maximum Gasteiger partial charge on any atom is 0.142 e. The van der Waals surface area contributed by atoms with Crippen LogP contribution in [0, 0.1) is 7.14 Å². The number of aromatic hydroxyl groups is 1. The van der Waals surface area contributed by atoms with E-state index in [1.807, 2.05) is 11.3 Å². The maximum atomic E-state index is 10.2. The number of thiophene rings is 1. The highest BCUT2D eigenvalue weighted by molar-refractivity contribution is 14.1. The summed E-state index contributed by atoms with van der Waals surface area (Å²) in [7, 11) is 0. The van der Waals surface area contributed by atoms with E-state index in [2.05, 4.69) is 112 Å². The van der Waals surface area contributed by atoms with E-state index >= 15 is 0 Å². The lowest BCUT2D eigenvalue weighted by atomic mass is 9.93. The lowest BCUT2D eigenvalue weighted by molar-refractivity contribution is 0.468. The molecule has 4 heteroatoms. The van der Waals surface area contributed by atoms with E-state index in [-0.39, 0.29) is 0 Å². The van der Waals surface area contributed by atoms with Crippen molar-refractivity contribution in [1.82, 2.24) is 0 Å². The number of rotatable bonds is 1. The highest BCUT2D eigenvalue weighted by Crippen LogP contribution is 2.45. The summed E-state index contributed by atoms with van der Waals surface area (Å²) in [6, 6.07) is 23.7. The molecule has 0 aliphatic heterocycles. The number of hydrogen-bond acceptors (Lipinski definition) is 2. The van der Waals surface area contributed by atoms with Gasteiger partial charge in [0, 0.05) is 20.2 Å². The molecule has 0 radical (unpaired) electrons. The van der Waals surface area contributed by atoms with Gasteiger partial charge in [-0.3, -0.25) is 0 Å². The van der Waals surface area contributed by atoms with Gasteiger partial charge in [-0.1, -0.05) is 42.5 Å². The number of halogens is 2. The van der Waals surface area contributed by atoms with Crippen LogP contribution in [-0.4, -0.2) is 5.11 Å². The van der Waals surface area contributed by atoms with Gasteiger partial charge in [0.05, 0.1) is 7.14 Å². The molecule has 4 aromatic carbocycles. The maximum absolute atomic E-state index is 10.2. The number of phenols is 1. The van der Waals surface area contributed by atoms with E-state index in [1.54, 1.807) is 0 Å². The molecule has 1 heterocycles. The van der Waals surface area contributed by atoms with Crippen LogP contribution in [0.15, 0.2) is 66.7 Å². The minimum Gasteiger partial charge on any atom is -0.506 e. The molecule has 0 unspecified atom stereocenters. The fraction of sp³-hybridized carbons (Fsp3) is 0. The largest absolute Gasteiger partial charge is 0.506 e. The van der Waals surface area contributed by atoms with Crippen molar-refractivity contribution in [1.29, 1.82) is 0 Å². The molecular formula is C22H12I2OS. The summed E-state index contributed by atoms with van der Waals surface area (Å²) in [5.74, 6) is 0.363. The summed E-state index contributed by atoms with van der Waals surface area (Å²) in [5.41, 5.74) is 2.41. The Morgan fingerprint density at radius 1 is 0.731 bits per heavy atom. The van der Waals surface area contributed by atoms with E-state index in [4.69, 9.17) is 0 Å². The molecule has 0 amide bonds. The monoisotopic (exact) mass is 578 g/mol. The van der Waals surface area contributed by atoms with Crippen molar-refractivity contribution in [3.8, 4) is 16.9 Å². The minimum atomic E-state index is 0.363. The van der Waals surface area contributed by atoms with Crippen LogP contribution in [0.5, 0.6) is 5.75 Å². The van der Waals surface area contributed by atoms with E-state index < -0.39 is 0 Å². The van der Waals surface area contributed by atoms with Crippen LogP contribution in [0.4, 0.5) is 0 Å². The summed E-state index contributed by atoms with van der Waals surface area (Å²) < 4.78 is 4.37. The van der Waals surface area contributed by atoms with Gasteiger partial charge >= 0.3 is 0 Å². The quantitative estimate of drug-likeness (QED) is 0.202. The Bertz CT molecular complexity index is 1300. The first-order valence-electron chi connectivity index (χ1n) is 8.15. The van der Waals surface area contributed by atoms with Crippen molar-refractivity contribution in [3.05, 3.63) is 73.9 Å². The van der Waals surface area contributed by atoms with E-state index in [0.29, 0.717) is 5.75 Å². The van der Waals surface area contributed by atoms with Gasteiger partial charge in [-0.25, -0.2) is 0 Å². The predicted molar refractivity (Wildman–Crippen MR) is 129 cm³/mol. The second-order valence-corrected chi connectivity index (χ2v) is 9.64. The summed E-state index contributed by atoms with van der Waals surface area (Å²) >= 11 is 6.27. The number of benzene rings is 4. The Hall–Kier alpha value is -1.38. The number of hydrogen-bond donors (Lipinski definition) is 1. The van der Waals surface area contributed by atoms with Gasteiger partial charge in [0.25, 0.3) is 0 Å². The van der Waals surface area contributed by atoms with Gasteiger partial charge < -0.3 is 5.11 Å². The molecule has 5 aromatic rings. The van der Waals surface area contributed by atoms with Crippen molar-refractivity contribution >= 4 is 87.5 Å². The zero-order chi connectivity index (χ0) is 17.8. The molecule has 0 bridgehead atoms. The summed E-state index contributed by atoms with van der Waals surface area (Å²) in [6.07, 6.45) is 0. The minimum absolute atomic E-state index is 0.363. The molecule has 1 aromatic heterocycles. The Kier molecular flexibility index (Phi) is 4.10. The second-order valence-electron chi connectivity index (χ2n) is 6.23. The van der Waals surface area contributed by atoms with E-state index in [9.17, 15) is 5.11 Å². The van der Waals surface area contributed by atoms with Crippen molar-refractivity contribution in [2.75, 3.05) is 0 Å². The molecule has 1 nitrogen and oxygen atoms in total. The lowest BCUT2D eigenvalue weighted by Gasteiger charge is -2.12. The first kappa shape index (κ1) is 16.8. The second kappa shape index (κ2) is 6.35.